The Balaban J connectivity index is 1.66. The molecule has 0 saturated heterocycles. The van der Waals surface area contributed by atoms with Crippen LogP contribution in [0.3, 0.4) is 0 Å². The standard InChI is InChI=1S/C19H20FN5O/c1-3-16-17(4-2)24-25-19(23-16)22-12-13-9-10-21-18(11-13)26-15-7-5-14(20)6-8-15/h5-11H,3-4,12H2,1-2H3,(H,22,23,25). The molecule has 2 heterocycles. The highest BCUT2D eigenvalue weighted by Crippen LogP contribution is 2.20. The number of nitrogens with zero attached hydrogens (tertiary/aromatic N) is 4. The van der Waals surface area contributed by atoms with Gasteiger partial charge in [-0.1, -0.05) is 13.8 Å². The Morgan fingerprint density at radius 3 is 2.50 bits per heavy atom. The summed E-state index contributed by atoms with van der Waals surface area (Å²) in [6, 6.07) is 9.49. The van der Waals surface area contributed by atoms with E-state index in [0.717, 1.165) is 29.8 Å². The minimum Gasteiger partial charge on any atom is -0.439 e. The molecule has 0 fully saturated rings. The van der Waals surface area contributed by atoms with E-state index >= 15 is 0 Å². The van der Waals surface area contributed by atoms with Gasteiger partial charge >= 0.3 is 0 Å². The fourth-order valence-electron chi connectivity index (χ4n) is 2.43. The normalized spacial score (nSPS) is 10.6. The molecule has 3 rings (SSSR count). The minimum absolute atomic E-state index is 0.308. The molecular formula is C19H20FN5O. The van der Waals surface area contributed by atoms with E-state index < -0.39 is 0 Å². The molecule has 6 nitrogen and oxygen atoms in total. The van der Waals surface area contributed by atoms with Crippen LogP contribution in [0.2, 0.25) is 0 Å². The number of halogens is 1. The average molecular weight is 353 g/mol. The van der Waals surface area contributed by atoms with Crippen molar-refractivity contribution < 1.29 is 9.13 Å². The zero-order valence-electron chi connectivity index (χ0n) is 14.7. The number of aryl methyl sites for hydroxylation is 2. The second kappa shape index (κ2) is 8.33. The predicted molar refractivity (Wildman–Crippen MR) is 96.6 cm³/mol. The topological polar surface area (TPSA) is 72.8 Å². The van der Waals surface area contributed by atoms with Gasteiger partial charge in [0.25, 0.3) is 0 Å². The predicted octanol–water partition coefficient (Wildman–Crippen LogP) is 3.93. The van der Waals surface area contributed by atoms with Gasteiger partial charge in [-0.15, -0.1) is 5.10 Å². The lowest BCUT2D eigenvalue weighted by Gasteiger charge is -2.09. The number of nitrogens with one attached hydrogen (secondary N) is 1. The van der Waals surface area contributed by atoms with Crippen molar-refractivity contribution in [2.24, 2.45) is 0 Å². The van der Waals surface area contributed by atoms with Crippen LogP contribution in [0.4, 0.5) is 10.3 Å². The van der Waals surface area contributed by atoms with Crippen LogP contribution in [-0.2, 0) is 19.4 Å². The van der Waals surface area contributed by atoms with E-state index in [4.69, 9.17) is 4.74 Å². The van der Waals surface area contributed by atoms with Gasteiger partial charge in [-0.2, -0.15) is 5.10 Å². The number of anilines is 1. The molecule has 0 aliphatic carbocycles. The van der Waals surface area contributed by atoms with E-state index in [1.165, 1.54) is 12.1 Å². The maximum absolute atomic E-state index is 13.0. The average Bonchev–Trinajstić information content (AvgIpc) is 2.68. The van der Waals surface area contributed by atoms with Crippen molar-refractivity contribution >= 4 is 5.95 Å². The second-order valence-corrected chi connectivity index (χ2v) is 5.65. The Bertz CT molecular complexity index is 870. The molecule has 0 radical (unpaired) electrons. The van der Waals surface area contributed by atoms with E-state index in [-0.39, 0.29) is 5.82 Å². The molecule has 26 heavy (non-hydrogen) atoms. The third kappa shape index (κ3) is 4.50. The molecule has 0 bridgehead atoms. The SMILES string of the molecule is CCc1nnc(NCc2ccnc(Oc3ccc(F)cc3)c2)nc1CC. The van der Waals surface area contributed by atoms with Crippen molar-refractivity contribution in [2.75, 3.05) is 5.32 Å². The Morgan fingerprint density at radius 2 is 1.77 bits per heavy atom. The molecule has 0 spiro atoms. The zero-order chi connectivity index (χ0) is 18.4. The summed E-state index contributed by atoms with van der Waals surface area (Å²) in [5.41, 5.74) is 2.84. The molecule has 0 saturated carbocycles. The maximum atomic E-state index is 13.0. The number of ether oxygens (including phenoxy) is 1. The fraction of sp³-hybridized carbons (Fsp3) is 0.263. The Morgan fingerprint density at radius 1 is 1.00 bits per heavy atom. The lowest BCUT2D eigenvalue weighted by atomic mass is 10.2. The summed E-state index contributed by atoms with van der Waals surface area (Å²) in [7, 11) is 0. The number of aromatic nitrogens is 4. The van der Waals surface area contributed by atoms with Crippen LogP contribution in [0.25, 0.3) is 0 Å². The lowest BCUT2D eigenvalue weighted by molar-refractivity contribution is 0.460. The highest BCUT2D eigenvalue weighted by Gasteiger charge is 2.07. The van der Waals surface area contributed by atoms with Gasteiger partial charge in [0.15, 0.2) is 0 Å². The molecule has 0 atom stereocenters. The summed E-state index contributed by atoms with van der Waals surface area (Å²) in [6.07, 6.45) is 3.29. The maximum Gasteiger partial charge on any atom is 0.243 e. The van der Waals surface area contributed by atoms with Gasteiger partial charge in [-0.05, 0) is 48.7 Å². The molecule has 0 aliphatic heterocycles. The molecule has 1 N–H and O–H groups in total. The van der Waals surface area contributed by atoms with Crippen molar-refractivity contribution in [3.63, 3.8) is 0 Å². The van der Waals surface area contributed by atoms with Gasteiger partial charge in [0.05, 0.1) is 11.4 Å². The Labute approximate surface area is 151 Å². The van der Waals surface area contributed by atoms with Gasteiger partial charge in [0.1, 0.15) is 11.6 Å². The smallest absolute Gasteiger partial charge is 0.243 e. The fourth-order valence-corrected chi connectivity index (χ4v) is 2.43. The summed E-state index contributed by atoms with van der Waals surface area (Å²) >= 11 is 0. The minimum atomic E-state index is -0.308. The number of hydrogen-bond acceptors (Lipinski definition) is 6. The van der Waals surface area contributed by atoms with Crippen LogP contribution in [0, 0.1) is 5.82 Å². The molecule has 0 unspecified atom stereocenters. The molecule has 2 aromatic heterocycles. The molecule has 0 aliphatic rings. The summed E-state index contributed by atoms with van der Waals surface area (Å²) in [4.78, 5) is 8.68. The first kappa shape index (κ1) is 17.7. The van der Waals surface area contributed by atoms with Gasteiger partial charge in [0, 0.05) is 18.8 Å². The van der Waals surface area contributed by atoms with Crippen molar-refractivity contribution in [2.45, 2.75) is 33.2 Å². The zero-order valence-corrected chi connectivity index (χ0v) is 14.7. The number of hydrogen-bond donors (Lipinski definition) is 1. The lowest BCUT2D eigenvalue weighted by Crippen LogP contribution is -2.09. The second-order valence-electron chi connectivity index (χ2n) is 5.65. The molecule has 134 valence electrons. The van der Waals surface area contributed by atoms with Crippen LogP contribution < -0.4 is 10.1 Å². The van der Waals surface area contributed by atoms with Crippen LogP contribution in [-0.4, -0.2) is 20.2 Å². The molecular weight excluding hydrogens is 333 g/mol. The highest BCUT2D eigenvalue weighted by molar-refractivity contribution is 5.32. The number of benzene rings is 1. The van der Waals surface area contributed by atoms with Gasteiger partial charge in [-0.25, -0.2) is 14.4 Å². The summed E-state index contributed by atoms with van der Waals surface area (Å²) in [5.74, 6) is 1.15. The third-order valence-corrected chi connectivity index (χ3v) is 3.80. The summed E-state index contributed by atoms with van der Waals surface area (Å²) in [6.45, 7) is 4.60. The van der Waals surface area contributed by atoms with E-state index in [1.54, 1.807) is 18.3 Å². The summed E-state index contributed by atoms with van der Waals surface area (Å²) in [5, 5.41) is 11.5. The quantitative estimate of drug-likeness (QED) is 0.694. The third-order valence-electron chi connectivity index (χ3n) is 3.80. The van der Waals surface area contributed by atoms with E-state index in [2.05, 4.69) is 32.4 Å². The summed E-state index contributed by atoms with van der Waals surface area (Å²) < 4.78 is 18.6. The van der Waals surface area contributed by atoms with Gasteiger partial charge in [0.2, 0.25) is 11.8 Å². The first-order chi connectivity index (χ1) is 12.7. The van der Waals surface area contributed by atoms with E-state index in [0.29, 0.717) is 24.1 Å². The first-order valence-electron chi connectivity index (χ1n) is 8.52. The van der Waals surface area contributed by atoms with Crippen molar-refractivity contribution in [1.29, 1.82) is 0 Å². The largest absolute Gasteiger partial charge is 0.439 e. The van der Waals surface area contributed by atoms with E-state index in [9.17, 15) is 4.39 Å². The number of rotatable bonds is 7. The Kier molecular flexibility index (Phi) is 5.68. The van der Waals surface area contributed by atoms with Gasteiger partial charge in [-0.3, -0.25) is 0 Å². The van der Waals surface area contributed by atoms with Crippen LogP contribution >= 0.6 is 0 Å². The monoisotopic (exact) mass is 353 g/mol. The first-order valence-corrected chi connectivity index (χ1v) is 8.52. The van der Waals surface area contributed by atoms with Crippen LogP contribution in [0.1, 0.15) is 30.8 Å². The van der Waals surface area contributed by atoms with Gasteiger partial charge < -0.3 is 10.1 Å². The molecule has 7 heteroatoms. The van der Waals surface area contributed by atoms with Crippen molar-refractivity contribution in [3.8, 4) is 11.6 Å². The number of pyridine rings is 1. The molecule has 3 aromatic rings. The highest BCUT2D eigenvalue weighted by atomic mass is 19.1. The van der Waals surface area contributed by atoms with Crippen LogP contribution in [0.5, 0.6) is 11.6 Å². The van der Waals surface area contributed by atoms with E-state index in [1.807, 2.05) is 19.1 Å². The van der Waals surface area contributed by atoms with Crippen molar-refractivity contribution in [1.82, 2.24) is 20.2 Å². The van der Waals surface area contributed by atoms with Crippen LogP contribution in [0.15, 0.2) is 42.6 Å². The Hall–Kier alpha value is -3.09. The van der Waals surface area contributed by atoms with Crippen molar-refractivity contribution in [3.05, 3.63) is 65.4 Å². The molecule has 1 aromatic carbocycles. The molecule has 0 amide bonds.